The average molecular weight is 327 g/mol. The predicted octanol–water partition coefficient (Wildman–Crippen LogP) is 1.06. The zero-order chi connectivity index (χ0) is 16.3. The summed E-state index contributed by atoms with van der Waals surface area (Å²) in [6.45, 7) is 1.85. The number of aryl methyl sites for hydroxylation is 1. The Morgan fingerprint density at radius 2 is 1.95 bits per heavy atom. The molecule has 1 atom stereocenters. The second kappa shape index (κ2) is 6.35. The molecule has 0 bridgehead atoms. The van der Waals surface area contributed by atoms with Gasteiger partial charge >= 0.3 is 12.1 Å². The van der Waals surface area contributed by atoms with Crippen LogP contribution >= 0.6 is 0 Å². The lowest BCUT2D eigenvalue weighted by atomic mass is 10.1. The molecule has 1 aromatic rings. The highest BCUT2D eigenvalue weighted by Crippen LogP contribution is 2.19. The number of hydrogen-bond acceptors (Lipinski definition) is 5. The van der Waals surface area contributed by atoms with Gasteiger partial charge in [-0.2, -0.15) is 0 Å². The highest BCUT2D eigenvalue weighted by molar-refractivity contribution is 7.91. The van der Waals surface area contributed by atoms with Crippen molar-refractivity contribution in [3.8, 4) is 0 Å². The van der Waals surface area contributed by atoms with Crippen LogP contribution in [0.5, 0.6) is 0 Å². The molecule has 8 heteroatoms. The van der Waals surface area contributed by atoms with E-state index in [0.717, 1.165) is 10.5 Å². The summed E-state index contributed by atoms with van der Waals surface area (Å²) in [6, 6.07) is 5.51. The smallest absolute Gasteiger partial charge is 0.410 e. The van der Waals surface area contributed by atoms with Gasteiger partial charge < -0.3 is 9.84 Å². The number of nitrogens with zero attached hydrogens (tertiary/aromatic N) is 1. The lowest BCUT2D eigenvalue weighted by Gasteiger charge is -2.36. The predicted molar refractivity (Wildman–Crippen MR) is 77.3 cm³/mol. The number of carbonyl (C=O) groups excluding carboxylic acids is 1. The van der Waals surface area contributed by atoms with Gasteiger partial charge in [0, 0.05) is 6.54 Å². The second-order valence-electron chi connectivity index (χ2n) is 5.08. The van der Waals surface area contributed by atoms with Crippen molar-refractivity contribution >= 4 is 21.9 Å². The Bertz CT molecular complexity index is 667. The minimum absolute atomic E-state index is 0.168. The molecule has 1 aliphatic heterocycles. The van der Waals surface area contributed by atoms with Gasteiger partial charge in [-0.15, -0.1) is 0 Å². The number of benzene rings is 1. The molecule has 1 N–H and O–H groups in total. The van der Waals surface area contributed by atoms with Crippen LogP contribution in [-0.2, 0) is 19.4 Å². The number of rotatable bonds is 5. The van der Waals surface area contributed by atoms with Crippen molar-refractivity contribution < 1.29 is 27.9 Å². The number of ether oxygens (including phenoxy) is 1. The van der Waals surface area contributed by atoms with Crippen LogP contribution in [-0.4, -0.2) is 55.4 Å². The molecule has 0 spiro atoms. The van der Waals surface area contributed by atoms with Crippen molar-refractivity contribution in [1.82, 2.24) is 4.90 Å². The maximum absolute atomic E-state index is 12.1. The molecular formula is C14H17NO6S. The summed E-state index contributed by atoms with van der Waals surface area (Å²) < 4.78 is 29.0. The van der Waals surface area contributed by atoms with Crippen LogP contribution in [0.4, 0.5) is 4.79 Å². The Morgan fingerprint density at radius 3 is 2.45 bits per heavy atom. The fourth-order valence-corrected chi connectivity index (χ4v) is 3.14. The molecule has 1 unspecified atom stereocenters. The summed E-state index contributed by atoms with van der Waals surface area (Å²) in [6.07, 6.45) is -0.413. The van der Waals surface area contributed by atoms with Gasteiger partial charge in [0.15, 0.2) is 9.84 Å². The van der Waals surface area contributed by atoms with Crippen LogP contribution in [0.3, 0.4) is 0 Å². The van der Waals surface area contributed by atoms with E-state index in [1.807, 2.05) is 6.92 Å². The van der Waals surface area contributed by atoms with Gasteiger partial charge in [0.1, 0.15) is 12.6 Å². The Hall–Kier alpha value is -2.09. The van der Waals surface area contributed by atoms with Crippen LogP contribution in [0, 0.1) is 6.92 Å². The monoisotopic (exact) mass is 327 g/mol. The van der Waals surface area contributed by atoms with Gasteiger partial charge in [0.2, 0.25) is 0 Å². The molecular weight excluding hydrogens is 310 g/mol. The highest BCUT2D eigenvalue weighted by Gasteiger charge is 2.38. The molecule has 1 saturated heterocycles. The zero-order valence-electron chi connectivity index (χ0n) is 12.1. The fraction of sp³-hybridized carbons (Fsp3) is 0.429. The molecule has 0 saturated carbocycles. The van der Waals surface area contributed by atoms with Crippen molar-refractivity contribution in [3.63, 3.8) is 0 Å². The third kappa shape index (κ3) is 3.56. The summed E-state index contributed by atoms with van der Waals surface area (Å²) in [5.74, 6) is -1.43. The Kier molecular flexibility index (Phi) is 4.70. The molecule has 1 aliphatic rings. The molecule has 0 aromatic heterocycles. The summed E-state index contributed by atoms with van der Waals surface area (Å²) in [7, 11) is -3.53. The first-order valence-electron chi connectivity index (χ1n) is 6.77. The van der Waals surface area contributed by atoms with Crippen LogP contribution in [0.15, 0.2) is 29.2 Å². The molecule has 0 aliphatic carbocycles. The van der Waals surface area contributed by atoms with Gasteiger partial charge in [-0.05, 0) is 25.5 Å². The largest absolute Gasteiger partial charge is 0.480 e. The number of likely N-dealkylation sites (tertiary alicyclic amines) is 1. The third-order valence-corrected chi connectivity index (χ3v) is 5.19. The molecule has 22 heavy (non-hydrogen) atoms. The average Bonchev–Trinajstić information content (AvgIpc) is 2.36. The van der Waals surface area contributed by atoms with E-state index >= 15 is 0 Å². The van der Waals surface area contributed by atoms with E-state index in [2.05, 4.69) is 0 Å². The number of hydrogen-bond donors (Lipinski definition) is 1. The first-order chi connectivity index (χ1) is 10.3. The molecule has 0 radical (unpaired) electrons. The molecule has 1 aromatic carbocycles. The van der Waals surface area contributed by atoms with E-state index in [-0.39, 0.29) is 17.3 Å². The number of carboxylic acid groups (broad SMARTS) is 1. The first kappa shape index (κ1) is 16.3. The van der Waals surface area contributed by atoms with Crippen LogP contribution in [0.25, 0.3) is 0 Å². The number of carboxylic acids is 1. The van der Waals surface area contributed by atoms with Crippen molar-refractivity contribution in [2.75, 3.05) is 18.9 Å². The summed E-state index contributed by atoms with van der Waals surface area (Å²) in [5, 5.41) is 8.83. The lowest BCUT2D eigenvalue weighted by Crippen LogP contribution is -2.55. The second-order valence-corrected chi connectivity index (χ2v) is 7.19. The summed E-state index contributed by atoms with van der Waals surface area (Å²) >= 11 is 0. The zero-order valence-corrected chi connectivity index (χ0v) is 12.9. The standard InChI is InChI=1S/C14H17NO6S/c1-10-2-4-11(5-3-10)22(19,20)9-8-21-14(18)15-7-6-12(15)13(16)17/h2-5,12H,6-9H2,1H3,(H,16,17). The quantitative estimate of drug-likeness (QED) is 0.868. The Labute approximate surface area is 128 Å². The fourth-order valence-electron chi connectivity index (χ4n) is 2.05. The molecule has 1 amide bonds. The highest BCUT2D eigenvalue weighted by atomic mass is 32.2. The van der Waals surface area contributed by atoms with Crippen LogP contribution in [0.2, 0.25) is 0 Å². The van der Waals surface area contributed by atoms with E-state index < -0.39 is 27.9 Å². The first-order valence-corrected chi connectivity index (χ1v) is 8.42. The van der Waals surface area contributed by atoms with E-state index in [1.54, 1.807) is 12.1 Å². The summed E-state index contributed by atoms with van der Waals surface area (Å²) in [4.78, 5) is 23.7. The topological polar surface area (TPSA) is 101 Å². The molecule has 7 nitrogen and oxygen atoms in total. The number of aliphatic carboxylic acids is 1. The minimum atomic E-state index is -3.53. The van der Waals surface area contributed by atoms with Gasteiger partial charge in [-0.3, -0.25) is 4.90 Å². The molecule has 1 fully saturated rings. The van der Waals surface area contributed by atoms with E-state index in [0.29, 0.717) is 13.0 Å². The van der Waals surface area contributed by atoms with Crippen LogP contribution < -0.4 is 0 Å². The van der Waals surface area contributed by atoms with E-state index in [1.165, 1.54) is 12.1 Å². The maximum Gasteiger partial charge on any atom is 0.410 e. The molecule has 120 valence electrons. The molecule has 1 heterocycles. The van der Waals surface area contributed by atoms with Crippen molar-refractivity contribution in [3.05, 3.63) is 29.8 Å². The van der Waals surface area contributed by atoms with Gasteiger partial charge in [-0.25, -0.2) is 18.0 Å². The van der Waals surface area contributed by atoms with Crippen molar-refractivity contribution in [2.45, 2.75) is 24.3 Å². The van der Waals surface area contributed by atoms with Gasteiger partial charge in [-0.1, -0.05) is 17.7 Å². The van der Waals surface area contributed by atoms with Crippen molar-refractivity contribution in [2.24, 2.45) is 0 Å². The van der Waals surface area contributed by atoms with Crippen molar-refractivity contribution in [1.29, 1.82) is 0 Å². The SMILES string of the molecule is Cc1ccc(S(=O)(=O)CCOC(=O)N2CCC2C(=O)O)cc1. The number of amides is 1. The van der Waals surface area contributed by atoms with Gasteiger partial charge in [0.25, 0.3) is 0 Å². The third-order valence-electron chi connectivity index (χ3n) is 3.50. The van der Waals surface area contributed by atoms with E-state index in [4.69, 9.17) is 9.84 Å². The molecule has 2 rings (SSSR count). The lowest BCUT2D eigenvalue weighted by molar-refractivity contribution is -0.146. The normalized spacial score (nSPS) is 17.7. The summed E-state index contributed by atoms with van der Waals surface area (Å²) in [5.41, 5.74) is 0.947. The van der Waals surface area contributed by atoms with Gasteiger partial charge in [0.05, 0.1) is 10.6 Å². The maximum atomic E-state index is 12.1. The van der Waals surface area contributed by atoms with Crippen LogP contribution in [0.1, 0.15) is 12.0 Å². The Morgan fingerprint density at radius 1 is 1.32 bits per heavy atom. The Balaban J connectivity index is 1.86. The number of sulfone groups is 1. The number of carbonyl (C=O) groups is 2. The van der Waals surface area contributed by atoms with E-state index in [9.17, 15) is 18.0 Å². The minimum Gasteiger partial charge on any atom is -0.480 e.